The summed E-state index contributed by atoms with van der Waals surface area (Å²) in [5, 5.41) is 9.88. The van der Waals surface area contributed by atoms with Gasteiger partial charge < -0.3 is 10.1 Å². The molecule has 5 heteroatoms. The number of nitrogens with zero attached hydrogens (tertiary/aromatic N) is 1. The van der Waals surface area contributed by atoms with Crippen molar-refractivity contribution in [3.8, 4) is 39.7 Å². The number of ketones is 1. The van der Waals surface area contributed by atoms with Gasteiger partial charge in [0.25, 0.3) is 0 Å². The summed E-state index contributed by atoms with van der Waals surface area (Å²) in [5.74, 6) is 0.244. The minimum Gasteiger partial charge on any atom is -0.508 e. The Morgan fingerprint density at radius 2 is 1.36 bits per heavy atom. The second-order valence-corrected chi connectivity index (χ2v) is 7.64. The maximum atomic E-state index is 13.2. The zero-order chi connectivity index (χ0) is 22.8. The number of nitrogens with one attached hydrogen (secondary N) is 1. The average Bonchev–Trinajstić information content (AvgIpc) is 3.30. The fourth-order valence-electron chi connectivity index (χ4n) is 3.73. The van der Waals surface area contributed by atoms with E-state index in [1.54, 1.807) is 30.3 Å². The number of H-pyrrole nitrogens is 1. The molecule has 0 radical (unpaired) electrons. The van der Waals surface area contributed by atoms with Crippen LogP contribution in [0.15, 0.2) is 103 Å². The van der Waals surface area contributed by atoms with E-state index in [2.05, 4.69) is 4.98 Å². The second kappa shape index (κ2) is 8.55. The number of imidazole rings is 1. The predicted molar refractivity (Wildman–Crippen MR) is 126 cm³/mol. The molecule has 0 bridgehead atoms. The molecule has 5 aromatic rings. The van der Waals surface area contributed by atoms with Crippen molar-refractivity contribution in [2.75, 3.05) is 0 Å². The molecule has 2 N–H and O–H groups in total. The Morgan fingerprint density at radius 3 is 2.03 bits per heavy atom. The lowest BCUT2D eigenvalue weighted by Crippen LogP contribution is -2.01. The van der Waals surface area contributed by atoms with E-state index in [0.717, 1.165) is 28.1 Å². The monoisotopic (exact) mass is 434 g/mol. The number of aromatic nitrogens is 2. The molecule has 0 aliphatic rings. The average molecular weight is 434 g/mol. The quantitative estimate of drug-likeness (QED) is 0.311. The summed E-state index contributed by atoms with van der Waals surface area (Å²) in [6, 6.07) is 29.5. The first-order valence-electron chi connectivity index (χ1n) is 10.4. The number of hydrogen-bond acceptors (Lipinski definition) is 3. The van der Waals surface area contributed by atoms with Crippen molar-refractivity contribution in [3.63, 3.8) is 0 Å². The molecule has 5 rings (SSSR count). The Morgan fingerprint density at radius 1 is 0.727 bits per heavy atom. The third-order valence-corrected chi connectivity index (χ3v) is 5.41. The van der Waals surface area contributed by atoms with Gasteiger partial charge in [0, 0.05) is 27.8 Å². The number of carbonyl (C=O) groups is 1. The summed E-state index contributed by atoms with van der Waals surface area (Å²) < 4.78 is 13.2. The molecule has 0 saturated carbocycles. The van der Waals surface area contributed by atoms with Crippen LogP contribution in [0.2, 0.25) is 0 Å². The Hall–Kier alpha value is -4.51. The Balaban J connectivity index is 1.55. The fourth-order valence-corrected chi connectivity index (χ4v) is 3.73. The van der Waals surface area contributed by atoms with E-state index in [4.69, 9.17) is 4.98 Å². The summed E-state index contributed by atoms with van der Waals surface area (Å²) in [7, 11) is 0. The highest BCUT2D eigenvalue weighted by Gasteiger charge is 2.16. The van der Waals surface area contributed by atoms with E-state index in [1.165, 1.54) is 24.3 Å². The van der Waals surface area contributed by atoms with Gasteiger partial charge in [-0.05, 0) is 36.4 Å². The smallest absolute Gasteiger partial charge is 0.193 e. The Kier molecular flexibility index (Phi) is 5.29. The molecule has 4 nitrogen and oxygen atoms in total. The van der Waals surface area contributed by atoms with Crippen LogP contribution in [-0.2, 0) is 0 Å². The molecule has 1 heterocycles. The van der Waals surface area contributed by atoms with E-state index in [0.29, 0.717) is 17.0 Å². The maximum absolute atomic E-state index is 13.2. The highest BCUT2D eigenvalue weighted by Crippen LogP contribution is 2.34. The van der Waals surface area contributed by atoms with Crippen LogP contribution < -0.4 is 0 Å². The van der Waals surface area contributed by atoms with Crippen LogP contribution in [0, 0.1) is 5.82 Å². The van der Waals surface area contributed by atoms with Gasteiger partial charge in [0.1, 0.15) is 17.4 Å². The summed E-state index contributed by atoms with van der Waals surface area (Å²) in [6.07, 6.45) is 0. The van der Waals surface area contributed by atoms with E-state index in [1.807, 2.05) is 48.5 Å². The number of hydrogen-bond donors (Lipinski definition) is 2. The summed E-state index contributed by atoms with van der Waals surface area (Å²) >= 11 is 0. The van der Waals surface area contributed by atoms with E-state index in [-0.39, 0.29) is 17.3 Å². The number of phenolic OH excluding ortho intramolecular Hbond substituents is 1. The van der Waals surface area contributed by atoms with Crippen LogP contribution in [0.25, 0.3) is 33.9 Å². The van der Waals surface area contributed by atoms with Crippen LogP contribution >= 0.6 is 0 Å². The first kappa shape index (κ1) is 20.4. The third-order valence-electron chi connectivity index (χ3n) is 5.41. The predicted octanol–water partition coefficient (Wildman–Crippen LogP) is 6.49. The molecule has 0 amide bonds. The first-order chi connectivity index (χ1) is 16.1. The van der Waals surface area contributed by atoms with E-state index < -0.39 is 0 Å². The van der Waals surface area contributed by atoms with Crippen molar-refractivity contribution in [1.29, 1.82) is 0 Å². The molecule has 1 aromatic heterocycles. The minimum atomic E-state index is -0.378. The number of halogens is 1. The molecule has 33 heavy (non-hydrogen) atoms. The van der Waals surface area contributed by atoms with Crippen molar-refractivity contribution < 1.29 is 14.3 Å². The topological polar surface area (TPSA) is 66.0 Å². The number of aromatic hydroxyl groups is 1. The van der Waals surface area contributed by atoms with Gasteiger partial charge in [0.05, 0.1) is 11.4 Å². The SMILES string of the molecule is O=C(c1ccc(F)cc1)c1ccc(-c2[nH]c(-c3cccc(O)c3)nc2-c2ccccc2)cc1. The van der Waals surface area contributed by atoms with Crippen LogP contribution in [0.4, 0.5) is 4.39 Å². The van der Waals surface area contributed by atoms with Crippen molar-refractivity contribution in [2.45, 2.75) is 0 Å². The van der Waals surface area contributed by atoms with Crippen LogP contribution in [0.5, 0.6) is 5.75 Å². The molecule has 0 fully saturated rings. The molecular formula is C28H19FN2O2. The van der Waals surface area contributed by atoms with Gasteiger partial charge >= 0.3 is 0 Å². The molecule has 160 valence electrons. The largest absolute Gasteiger partial charge is 0.508 e. The zero-order valence-corrected chi connectivity index (χ0v) is 17.5. The molecule has 0 unspecified atom stereocenters. The highest BCUT2D eigenvalue weighted by molar-refractivity contribution is 6.09. The zero-order valence-electron chi connectivity index (χ0n) is 17.5. The first-order valence-corrected chi connectivity index (χ1v) is 10.4. The number of rotatable bonds is 5. The van der Waals surface area contributed by atoms with Gasteiger partial charge in [-0.15, -0.1) is 0 Å². The van der Waals surface area contributed by atoms with Gasteiger partial charge in [-0.2, -0.15) is 0 Å². The Bertz CT molecular complexity index is 1420. The number of carbonyl (C=O) groups excluding carboxylic acids is 1. The number of aromatic amines is 1. The lowest BCUT2D eigenvalue weighted by atomic mass is 10.00. The van der Waals surface area contributed by atoms with E-state index >= 15 is 0 Å². The van der Waals surface area contributed by atoms with Gasteiger partial charge in [0.15, 0.2) is 5.78 Å². The third kappa shape index (κ3) is 4.16. The number of benzene rings is 4. The highest BCUT2D eigenvalue weighted by atomic mass is 19.1. The van der Waals surface area contributed by atoms with Gasteiger partial charge in [-0.25, -0.2) is 9.37 Å². The van der Waals surface area contributed by atoms with Crippen molar-refractivity contribution in [2.24, 2.45) is 0 Å². The van der Waals surface area contributed by atoms with E-state index in [9.17, 15) is 14.3 Å². The summed E-state index contributed by atoms with van der Waals surface area (Å²) in [6.45, 7) is 0. The molecule has 0 atom stereocenters. The summed E-state index contributed by atoms with van der Waals surface area (Å²) in [4.78, 5) is 20.9. The number of phenols is 1. The maximum Gasteiger partial charge on any atom is 0.193 e. The molecule has 0 aliphatic carbocycles. The van der Waals surface area contributed by atoms with Gasteiger partial charge in [0.2, 0.25) is 0 Å². The minimum absolute atomic E-state index is 0.162. The lowest BCUT2D eigenvalue weighted by Gasteiger charge is -2.06. The molecule has 0 saturated heterocycles. The van der Waals surface area contributed by atoms with Crippen LogP contribution in [-0.4, -0.2) is 20.9 Å². The lowest BCUT2D eigenvalue weighted by molar-refractivity contribution is 0.103. The fraction of sp³-hybridized carbons (Fsp3) is 0. The van der Waals surface area contributed by atoms with Crippen LogP contribution in [0.1, 0.15) is 15.9 Å². The molecule has 0 aliphatic heterocycles. The molecular weight excluding hydrogens is 415 g/mol. The normalized spacial score (nSPS) is 10.8. The van der Waals surface area contributed by atoms with Crippen molar-refractivity contribution in [1.82, 2.24) is 9.97 Å². The van der Waals surface area contributed by atoms with Crippen molar-refractivity contribution >= 4 is 5.78 Å². The molecule has 4 aromatic carbocycles. The Labute approximate surface area is 190 Å². The standard InChI is InChI=1S/C28H19FN2O2/c29-23-15-13-21(14-16-23)27(33)20-11-9-19(10-12-20)26-25(18-5-2-1-3-6-18)30-28(31-26)22-7-4-8-24(32)17-22/h1-17,32H,(H,30,31). The van der Waals surface area contributed by atoms with Gasteiger partial charge in [-0.3, -0.25) is 4.79 Å². The summed E-state index contributed by atoms with van der Waals surface area (Å²) in [5.41, 5.74) is 5.10. The van der Waals surface area contributed by atoms with Crippen molar-refractivity contribution in [3.05, 3.63) is 120 Å². The second-order valence-electron chi connectivity index (χ2n) is 7.64. The van der Waals surface area contributed by atoms with Gasteiger partial charge in [-0.1, -0.05) is 66.7 Å². The molecule has 0 spiro atoms. The van der Waals surface area contributed by atoms with Crippen LogP contribution in [0.3, 0.4) is 0 Å².